The van der Waals surface area contributed by atoms with Crippen molar-refractivity contribution in [2.45, 2.75) is 20.0 Å². The Hall–Kier alpha value is -2.22. The molecule has 0 fully saturated rings. The van der Waals surface area contributed by atoms with E-state index in [0.717, 1.165) is 15.4 Å². The molecule has 0 aromatic heterocycles. The number of benzene rings is 2. The van der Waals surface area contributed by atoms with Crippen LogP contribution in [0.2, 0.25) is 0 Å². The zero-order valence-electron chi connectivity index (χ0n) is 15.0. The van der Waals surface area contributed by atoms with E-state index in [9.17, 15) is 13.2 Å². The average Bonchev–Trinajstić information content (AvgIpc) is 2.63. The lowest BCUT2D eigenvalue weighted by Crippen LogP contribution is -2.44. The standard InChI is InChI=1S/C19H24N2O4S/c1-3-25-19(22)16-21(15-18-12-8-5-9-13-18)26(23,24)20(2)14-17-10-6-4-7-11-17/h4-13H,3,14-16H2,1-2H3. The summed E-state index contributed by atoms with van der Waals surface area (Å²) < 4.78 is 33.4. The highest BCUT2D eigenvalue weighted by molar-refractivity contribution is 7.86. The van der Waals surface area contributed by atoms with Crippen molar-refractivity contribution in [3.8, 4) is 0 Å². The van der Waals surface area contributed by atoms with Crippen molar-refractivity contribution in [1.29, 1.82) is 0 Å². The molecule has 140 valence electrons. The molecule has 0 heterocycles. The van der Waals surface area contributed by atoms with Gasteiger partial charge in [0.05, 0.1) is 6.61 Å². The lowest BCUT2D eigenvalue weighted by Gasteiger charge is -2.27. The van der Waals surface area contributed by atoms with Crippen molar-refractivity contribution in [1.82, 2.24) is 8.61 Å². The van der Waals surface area contributed by atoms with Gasteiger partial charge in [0.2, 0.25) is 0 Å². The summed E-state index contributed by atoms with van der Waals surface area (Å²) in [5.41, 5.74) is 1.67. The van der Waals surface area contributed by atoms with Crippen molar-refractivity contribution in [3.63, 3.8) is 0 Å². The topological polar surface area (TPSA) is 66.9 Å². The van der Waals surface area contributed by atoms with E-state index < -0.39 is 16.2 Å². The predicted octanol–water partition coefficient (Wildman–Crippen LogP) is 2.43. The molecular weight excluding hydrogens is 352 g/mol. The summed E-state index contributed by atoms with van der Waals surface area (Å²) in [6.07, 6.45) is 0. The summed E-state index contributed by atoms with van der Waals surface area (Å²) in [5, 5.41) is 0. The molecule has 0 radical (unpaired) electrons. The summed E-state index contributed by atoms with van der Waals surface area (Å²) >= 11 is 0. The minimum atomic E-state index is -3.85. The molecule has 7 heteroatoms. The third kappa shape index (κ3) is 5.66. The Bertz CT molecular complexity index is 795. The summed E-state index contributed by atoms with van der Waals surface area (Å²) in [6, 6.07) is 18.5. The fourth-order valence-electron chi connectivity index (χ4n) is 2.48. The van der Waals surface area contributed by atoms with Gasteiger partial charge in [-0.15, -0.1) is 0 Å². The van der Waals surface area contributed by atoms with Crippen molar-refractivity contribution in [3.05, 3.63) is 71.8 Å². The van der Waals surface area contributed by atoms with Gasteiger partial charge in [0.25, 0.3) is 10.2 Å². The van der Waals surface area contributed by atoms with Crippen LogP contribution in [0, 0.1) is 0 Å². The second-order valence-corrected chi connectivity index (χ2v) is 7.84. The van der Waals surface area contributed by atoms with Gasteiger partial charge in [-0.05, 0) is 18.1 Å². The van der Waals surface area contributed by atoms with E-state index in [1.54, 1.807) is 6.92 Å². The van der Waals surface area contributed by atoms with Gasteiger partial charge in [0.1, 0.15) is 6.54 Å². The zero-order chi connectivity index (χ0) is 19.0. The normalized spacial score (nSPS) is 11.7. The quantitative estimate of drug-likeness (QED) is 0.631. The Morgan fingerprint density at radius 3 is 1.92 bits per heavy atom. The number of carbonyl (C=O) groups is 1. The van der Waals surface area contributed by atoms with Gasteiger partial charge in [-0.25, -0.2) is 0 Å². The van der Waals surface area contributed by atoms with Crippen LogP contribution in [-0.2, 0) is 32.8 Å². The molecule has 2 rings (SSSR count). The fraction of sp³-hybridized carbons (Fsp3) is 0.316. The third-order valence-electron chi connectivity index (χ3n) is 3.78. The van der Waals surface area contributed by atoms with Gasteiger partial charge in [0, 0.05) is 20.1 Å². The lowest BCUT2D eigenvalue weighted by atomic mass is 10.2. The lowest BCUT2D eigenvalue weighted by molar-refractivity contribution is -0.143. The highest BCUT2D eigenvalue weighted by atomic mass is 32.2. The van der Waals surface area contributed by atoms with Gasteiger partial charge in [0.15, 0.2) is 0 Å². The van der Waals surface area contributed by atoms with Crippen LogP contribution in [0.3, 0.4) is 0 Å². The van der Waals surface area contributed by atoms with Crippen LogP contribution >= 0.6 is 0 Å². The Balaban J connectivity index is 2.21. The van der Waals surface area contributed by atoms with Crippen LogP contribution in [0.25, 0.3) is 0 Å². The van der Waals surface area contributed by atoms with E-state index in [1.165, 1.54) is 11.4 Å². The second-order valence-electron chi connectivity index (χ2n) is 5.81. The van der Waals surface area contributed by atoms with E-state index >= 15 is 0 Å². The molecule has 0 aliphatic carbocycles. The third-order valence-corrected chi connectivity index (χ3v) is 5.61. The van der Waals surface area contributed by atoms with Crippen LogP contribution < -0.4 is 0 Å². The van der Waals surface area contributed by atoms with E-state index in [-0.39, 0.29) is 26.2 Å². The molecule has 2 aromatic rings. The number of esters is 1. The number of hydrogen-bond donors (Lipinski definition) is 0. The molecule has 2 aromatic carbocycles. The van der Waals surface area contributed by atoms with Crippen LogP contribution in [-0.4, -0.2) is 43.2 Å². The number of hydrogen-bond acceptors (Lipinski definition) is 4. The summed E-state index contributed by atoms with van der Waals surface area (Å²) in [6.45, 7) is 1.88. The Labute approximate surface area is 155 Å². The highest BCUT2D eigenvalue weighted by Crippen LogP contribution is 2.15. The van der Waals surface area contributed by atoms with Crippen molar-refractivity contribution in [2.24, 2.45) is 0 Å². The number of rotatable bonds is 9. The molecule has 0 saturated heterocycles. The molecule has 0 atom stereocenters. The Morgan fingerprint density at radius 2 is 1.42 bits per heavy atom. The minimum Gasteiger partial charge on any atom is -0.465 e. The SMILES string of the molecule is CCOC(=O)CN(Cc1ccccc1)S(=O)(=O)N(C)Cc1ccccc1. The van der Waals surface area contributed by atoms with E-state index in [2.05, 4.69) is 0 Å². The van der Waals surface area contributed by atoms with Crippen LogP contribution in [0.5, 0.6) is 0 Å². The Kier molecular flexibility index (Phi) is 7.32. The van der Waals surface area contributed by atoms with Gasteiger partial charge in [-0.1, -0.05) is 60.7 Å². The number of nitrogens with zero attached hydrogens (tertiary/aromatic N) is 2. The maximum absolute atomic E-state index is 13.0. The largest absolute Gasteiger partial charge is 0.465 e. The smallest absolute Gasteiger partial charge is 0.321 e. The molecule has 0 amide bonds. The van der Waals surface area contributed by atoms with Crippen molar-refractivity contribution in [2.75, 3.05) is 20.2 Å². The first-order valence-corrected chi connectivity index (χ1v) is 9.78. The maximum Gasteiger partial charge on any atom is 0.321 e. The van der Waals surface area contributed by atoms with Crippen LogP contribution in [0.1, 0.15) is 18.1 Å². The van der Waals surface area contributed by atoms with Gasteiger partial charge in [-0.3, -0.25) is 4.79 Å². The summed E-state index contributed by atoms with van der Waals surface area (Å²) in [7, 11) is -2.34. The first-order chi connectivity index (χ1) is 12.4. The molecule has 0 bridgehead atoms. The average molecular weight is 376 g/mol. The van der Waals surface area contributed by atoms with Crippen LogP contribution in [0.15, 0.2) is 60.7 Å². The number of carbonyl (C=O) groups excluding carboxylic acids is 1. The van der Waals surface area contributed by atoms with Crippen molar-refractivity contribution >= 4 is 16.2 Å². The molecular formula is C19H24N2O4S. The first-order valence-electron chi connectivity index (χ1n) is 8.38. The molecule has 0 aliphatic heterocycles. The summed E-state index contributed by atoms with van der Waals surface area (Å²) in [4.78, 5) is 11.9. The van der Waals surface area contributed by atoms with Gasteiger partial charge < -0.3 is 4.74 Å². The molecule has 0 unspecified atom stereocenters. The minimum absolute atomic E-state index is 0.0983. The molecule has 0 aliphatic rings. The highest BCUT2D eigenvalue weighted by Gasteiger charge is 2.29. The van der Waals surface area contributed by atoms with E-state index in [4.69, 9.17) is 4.74 Å². The first kappa shape index (κ1) is 20.1. The molecule has 0 saturated carbocycles. The Morgan fingerprint density at radius 1 is 0.923 bits per heavy atom. The molecule has 0 N–H and O–H groups in total. The molecule has 0 spiro atoms. The van der Waals surface area contributed by atoms with Gasteiger partial charge >= 0.3 is 5.97 Å². The zero-order valence-corrected chi connectivity index (χ0v) is 15.9. The fourth-order valence-corrected chi connectivity index (χ4v) is 3.76. The van der Waals surface area contributed by atoms with Crippen molar-refractivity contribution < 1.29 is 17.9 Å². The second kappa shape index (κ2) is 9.47. The van der Waals surface area contributed by atoms with E-state index in [1.807, 2.05) is 60.7 Å². The van der Waals surface area contributed by atoms with Crippen LogP contribution in [0.4, 0.5) is 0 Å². The number of ether oxygens (including phenoxy) is 1. The maximum atomic E-state index is 13.0. The van der Waals surface area contributed by atoms with Gasteiger partial charge in [-0.2, -0.15) is 17.0 Å². The monoisotopic (exact) mass is 376 g/mol. The molecule has 26 heavy (non-hydrogen) atoms. The predicted molar refractivity (Wildman–Crippen MR) is 100 cm³/mol. The molecule has 6 nitrogen and oxygen atoms in total. The summed E-state index contributed by atoms with van der Waals surface area (Å²) in [5.74, 6) is -0.569. The van der Waals surface area contributed by atoms with E-state index in [0.29, 0.717) is 0 Å².